The Hall–Kier alpha value is -1.61. The van der Waals surface area contributed by atoms with E-state index in [9.17, 15) is 0 Å². The van der Waals surface area contributed by atoms with E-state index in [1.54, 1.807) is 0 Å². The molecule has 2 N–H and O–H groups in total. The van der Waals surface area contributed by atoms with Gasteiger partial charge in [0, 0.05) is 6.04 Å². The second-order valence-corrected chi connectivity index (χ2v) is 5.56. The molecular weight excluding hydrogens is 234 g/mol. The number of benzene rings is 1. The Kier molecular flexibility index (Phi) is 4.38. The molecule has 3 nitrogen and oxygen atoms in total. The van der Waals surface area contributed by atoms with E-state index < -0.39 is 0 Å². The number of H-pyrrole nitrogens is 1. The van der Waals surface area contributed by atoms with Crippen LogP contribution >= 0.6 is 0 Å². The highest BCUT2D eigenvalue weighted by molar-refractivity contribution is 5.58. The molecule has 0 aliphatic carbocycles. The number of nitrogens with one attached hydrogen (secondary N) is 2. The number of imidazole rings is 1. The monoisotopic (exact) mass is 257 g/mol. The van der Waals surface area contributed by atoms with Crippen LogP contribution in [0.15, 0.2) is 30.5 Å². The van der Waals surface area contributed by atoms with Crippen molar-refractivity contribution in [3.8, 4) is 11.3 Å². The molecule has 3 heteroatoms. The van der Waals surface area contributed by atoms with Crippen molar-refractivity contribution >= 4 is 0 Å². The van der Waals surface area contributed by atoms with Gasteiger partial charge in [-0.1, -0.05) is 52.0 Å². The van der Waals surface area contributed by atoms with E-state index in [1.807, 2.05) is 6.20 Å². The highest BCUT2D eigenvalue weighted by Gasteiger charge is 2.05. The van der Waals surface area contributed by atoms with Gasteiger partial charge in [-0.3, -0.25) is 0 Å². The molecule has 0 saturated heterocycles. The number of nitrogens with zero attached hydrogens (tertiary/aromatic N) is 1. The van der Waals surface area contributed by atoms with Gasteiger partial charge in [0.05, 0.1) is 18.4 Å². The summed E-state index contributed by atoms with van der Waals surface area (Å²) in [6.07, 6.45) is 1.90. The Morgan fingerprint density at radius 3 is 2.37 bits per heavy atom. The molecule has 102 valence electrons. The molecule has 0 aliphatic heterocycles. The SMILES string of the molecule is CC(C)NCc1ncc(-c2ccc(C(C)C)cc2)[nH]1. The minimum atomic E-state index is 0.471. The normalized spacial score (nSPS) is 11.5. The lowest BCUT2D eigenvalue weighted by Gasteiger charge is -2.06. The van der Waals surface area contributed by atoms with Crippen LogP contribution in [0, 0.1) is 0 Å². The topological polar surface area (TPSA) is 40.7 Å². The minimum Gasteiger partial charge on any atom is -0.341 e. The van der Waals surface area contributed by atoms with Crippen molar-refractivity contribution < 1.29 is 0 Å². The maximum Gasteiger partial charge on any atom is 0.120 e. The lowest BCUT2D eigenvalue weighted by molar-refractivity contribution is 0.575. The summed E-state index contributed by atoms with van der Waals surface area (Å²) in [6, 6.07) is 9.16. The highest BCUT2D eigenvalue weighted by atomic mass is 15.0. The standard InChI is InChI=1S/C16H23N3/c1-11(2)13-5-7-14(8-6-13)15-9-18-16(19-15)10-17-12(3)4/h5-9,11-12,17H,10H2,1-4H3,(H,18,19). The fourth-order valence-electron chi connectivity index (χ4n) is 1.95. The molecule has 19 heavy (non-hydrogen) atoms. The smallest absolute Gasteiger partial charge is 0.120 e. The van der Waals surface area contributed by atoms with Crippen LogP contribution in [-0.4, -0.2) is 16.0 Å². The predicted molar refractivity (Wildman–Crippen MR) is 80.1 cm³/mol. The fourth-order valence-corrected chi connectivity index (χ4v) is 1.95. The molecule has 0 fully saturated rings. The van der Waals surface area contributed by atoms with E-state index in [0.717, 1.165) is 18.1 Å². The molecule has 1 aromatic carbocycles. The third kappa shape index (κ3) is 3.67. The van der Waals surface area contributed by atoms with Gasteiger partial charge in [-0.25, -0.2) is 4.98 Å². The Labute approximate surface area is 115 Å². The molecule has 0 amide bonds. The van der Waals surface area contributed by atoms with Crippen molar-refractivity contribution in [2.24, 2.45) is 0 Å². The molecule has 0 unspecified atom stereocenters. The number of rotatable bonds is 5. The number of aromatic amines is 1. The molecular formula is C16H23N3. The summed E-state index contributed by atoms with van der Waals surface area (Å²) in [5, 5.41) is 3.36. The first kappa shape index (κ1) is 13.8. The molecule has 0 bridgehead atoms. The summed E-state index contributed by atoms with van der Waals surface area (Å²) in [5.74, 6) is 1.55. The lowest BCUT2D eigenvalue weighted by atomic mass is 10.0. The molecule has 2 rings (SSSR count). The quantitative estimate of drug-likeness (QED) is 0.857. The van der Waals surface area contributed by atoms with Crippen molar-refractivity contribution in [1.82, 2.24) is 15.3 Å². The summed E-state index contributed by atoms with van der Waals surface area (Å²) in [5.41, 5.74) is 3.63. The fraction of sp³-hybridized carbons (Fsp3) is 0.438. The van der Waals surface area contributed by atoms with Crippen molar-refractivity contribution in [2.45, 2.75) is 46.2 Å². The molecule has 0 atom stereocenters. The zero-order chi connectivity index (χ0) is 13.8. The Morgan fingerprint density at radius 1 is 1.11 bits per heavy atom. The molecule has 1 aromatic heterocycles. The van der Waals surface area contributed by atoms with Gasteiger partial charge >= 0.3 is 0 Å². The summed E-state index contributed by atoms with van der Waals surface area (Å²) in [4.78, 5) is 7.76. The van der Waals surface area contributed by atoms with Crippen LogP contribution < -0.4 is 5.32 Å². The van der Waals surface area contributed by atoms with E-state index in [2.05, 4.69) is 67.2 Å². The summed E-state index contributed by atoms with van der Waals surface area (Å²) in [6.45, 7) is 9.46. The van der Waals surface area contributed by atoms with Gasteiger partial charge in [-0.15, -0.1) is 0 Å². The van der Waals surface area contributed by atoms with Crippen molar-refractivity contribution in [3.05, 3.63) is 41.9 Å². The summed E-state index contributed by atoms with van der Waals surface area (Å²) >= 11 is 0. The van der Waals surface area contributed by atoms with E-state index in [1.165, 1.54) is 11.1 Å². The molecule has 0 spiro atoms. The first-order valence-electron chi connectivity index (χ1n) is 6.94. The van der Waals surface area contributed by atoms with Crippen LogP contribution in [0.2, 0.25) is 0 Å². The average Bonchev–Trinajstić information content (AvgIpc) is 2.85. The van der Waals surface area contributed by atoms with Crippen molar-refractivity contribution in [3.63, 3.8) is 0 Å². The number of aromatic nitrogens is 2. The first-order chi connectivity index (χ1) is 9.06. The molecule has 0 radical (unpaired) electrons. The van der Waals surface area contributed by atoms with Gasteiger partial charge < -0.3 is 10.3 Å². The first-order valence-corrected chi connectivity index (χ1v) is 6.94. The highest BCUT2D eigenvalue weighted by Crippen LogP contribution is 2.21. The number of hydrogen-bond donors (Lipinski definition) is 2. The maximum absolute atomic E-state index is 4.40. The zero-order valence-electron chi connectivity index (χ0n) is 12.2. The third-order valence-corrected chi connectivity index (χ3v) is 3.19. The molecule has 2 aromatic rings. The third-order valence-electron chi connectivity index (χ3n) is 3.19. The van der Waals surface area contributed by atoms with Gasteiger partial charge in [0.1, 0.15) is 5.82 Å². The van der Waals surface area contributed by atoms with E-state index in [0.29, 0.717) is 12.0 Å². The van der Waals surface area contributed by atoms with Gasteiger partial charge in [0.2, 0.25) is 0 Å². The van der Waals surface area contributed by atoms with Crippen LogP contribution in [0.5, 0.6) is 0 Å². The number of hydrogen-bond acceptors (Lipinski definition) is 2. The van der Waals surface area contributed by atoms with Gasteiger partial charge in [0.15, 0.2) is 0 Å². The van der Waals surface area contributed by atoms with Crippen molar-refractivity contribution in [2.75, 3.05) is 0 Å². The summed E-state index contributed by atoms with van der Waals surface area (Å²) in [7, 11) is 0. The molecule has 0 saturated carbocycles. The van der Waals surface area contributed by atoms with E-state index in [-0.39, 0.29) is 0 Å². The zero-order valence-corrected chi connectivity index (χ0v) is 12.2. The largest absolute Gasteiger partial charge is 0.341 e. The Bertz CT molecular complexity index is 509. The second kappa shape index (κ2) is 6.02. The van der Waals surface area contributed by atoms with E-state index >= 15 is 0 Å². The Morgan fingerprint density at radius 2 is 1.79 bits per heavy atom. The molecule has 0 aliphatic rings. The van der Waals surface area contributed by atoms with Crippen molar-refractivity contribution in [1.29, 1.82) is 0 Å². The maximum atomic E-state index is 4.40. The minimum absolute atomic E-state index is 0.471. The molecule has 1 heterocycles. The van der Waals surface area contributed by atoms with Gasteiger partial charge in [-0.05, 0) is 17.0 Å². The van der Waals surface area contributed by atoms with Crippen LogP contribution in [0.1, 0.15) is 45.0 Å². The van der Waals surface area contributed by atoms with E-state index in [4.69, 9.17) is 0 Å². The van der Waals surface area contributed by atoms with Gasteiger partial charge in [0.25, 0.3) is 0 Å². The van der Waals surface area contributed by atoms with Crippen LogP contribution in [0.4, 0.5) is 0 Å². The van der Waals surface area contributed by atoms with Gasteiger partial charge in [-0.2, -0.15) is 0 Å². The average molecular weight is 257 g/mol. The summed E-state index contributed by atoms with van der Waals surface area (Å²) < 4.78 is 0. The Balaban J connectivity index is 2.09. The second-order valence-electron chi connectivity index (χ2n) is 5.56. The predicted octanol–water partition coefficient (Wildman–Crippen LogP) is 3.70. The van der Waals surface area contributed by atoms with Crippen LogP contribution in [-0.2, 0) is 6.54 Å². The van der Waals surface area contributed by atoms with Crippen LogP contribution in [0.3, 0.4) is 0 Å². The lowest BCUT2D eigenvalue weighted by Crippen LogP contribution is -2.22. The van der Waals surface area contributed by atoms with Crippen LogP contribution in [0.25, 0.3) is 11.3 Å².